The Balaban J connectivity index is 0.00000289. The second-order valence-electron chi connectivity index (χ2n) is 3.51. The zero-order chi connectivity index (χ0) is 13.1. The van der Waals surface area contributed by atoms with E-state index in [1.807, 2.05) is 0 Å². The maximum Gasteiger partial charge on any atom is 0.416 e. The number of carbonyl (C=O) groups is 1. The van der Waals surface area contributed by atoms with Gasteiger partial charge < -0.3 is 10.5 Å². The molecule has 0 aliphatic carbocycles. The van der Waals surface area contributed by atoms with E-state index in [9.17, 15) is 18.0 Å². The molecule has 0 saturated heterocycles. The summed E-state index contributed by atoms with van der Waals surface area (Å²) in [6.07, 6.45) is -4.44. The molecule has 0 saturated carbocycles. The number of benzene rings is 1. The Kier molecular flexibility index (Phi) is 6.14. The summed E-state index contributed by atoms with van der Waals surface area (Å²) in [6.45, 7) is 0. The average molecular weight is 284 g/mol. The molecule has 1 rings (SSSR count). The van der Waals surface area contributed by atoms with Crippen LogP contribution in [0.25, 0.3) is 0 Å². The van der Waals surface area contributed by atoms with Crippen LogP contribution in [0.2, 0.25) is 0 Å². The number of hydrogen-bond donors (Lipinski definition) is 1. The highest BCUT2D eigenvalue weighted by Crippen LogP contribution is 2.29. The molecule has 1 aromatic carbocycles. The van der Waals surface area contributed by atoms with Crippen molar-refractivity contribution >= 4 is 18.4 Å². The molecule has 0 heterocycles. The lowest BCUT2D eigenvalue weighted by Crippen LogP contribution is -2.16. The number of nitrogens with two attached hydrogens (primary N) is 1. The maximum absolute atomic E-state index is 12.3. The van der Waals surface area contributed by atoms with Crippen LogP contribution < -0.4 is 5.73 Å². The van der Waals surface area contributed by atoms with Crippen LogP contribution in [0.15, 0.2) is 24.3 Å². The molecule has 3 nitrogen and oxygen atoms in total. The number of carbonyl (C=O) groups excluding carboxylic acids is 1. The van der Waals surface area contributed by atoms with E-state index in [0.29, 0.717) is 5.56 Å². The van der Waals surface area contributed by atoms with E-state index in [-0.39, 0.29) is 18.8 Å². The summed E-state index contributed by atoms with van der Waals surface area (Å²) in [6, 6.07) is 3.73. The van der Waals surface area contributed by atoms with Gasteiger partial charge in [-0.25, -0.2) is 0 Å². The minimum absolute atomic E-state index is 0. The molecule has 0 radical (unpaired) electrons. The maximum atomic E-state index is 12.3. The molecule has 7 heteroatoms. The largest absolute Gasteiger partial charge is 0.469 e. The fourth-order valence-electron chi connectivity index (χ4n) is 1.30. The highest BCUT2D eigenvalue weighted by molar-refractivity contribution is 5.85. The predicted molar refractivity (Wildman–Crippen MR) is 62.3 cm³/mol. The van der Waals surface area contributed by atoms with Crippen LogP contribution in [-0.4, -0.2) is 13.1 Å². The third-order valence-corrected chi connectivity index (χ3v) is 2.28. The van der Waals surface area contributed by atoms with Crippen molar-refractivity contribution in [3.8, 4) is 0 Å². The number of alkyl halides is 3. The van der Waals surface area contributed by atoms with Gasteiger partial charge >= 0.3 is 12.1 Å². The Labute approximate surface area is 109 Å². The molecule has 102 valence electrons. The molecular formula is C11H13ClF3NO2. The summed E-state index contributed by atoms with van der Waals surface area (Å²) < 4.78 is 41.3. The quantitative estimate of drug-likeness (QED) is 0.868. The first kappa shape index (κ1) is 16.7. The van der Waals surface area contributed by atoms with Crippen molar-refractivity contribution in [1.82, 2.24) is 0 Å². The zero-order valence-electron chi connectivity index (χ0n) is 9.53. The van der Waals surface area contributed by atoms with Crippen molar-refractivity contribution in [2.75, 3.05) is 7.11 Å². The van der Waals surface area contributed by atoms with Crippen LogP contribution >= 0.6 is 12.4 Å². The van der Waals surface area contributed by atoms with Crippen molar-refractivity contribution in [2.45, 2.75) is 18.6 Å². The van der Waals surface area contributed by atoms with Gasteiger partial charge in [-0.05, 0) is 17.7 Å². The lowest BCUT2D eigenvalue weighted by atomic mass is 10.0. The normalized spacial score (nSPS) is 12.5. The number of halogens is 4. The Morgan fingerprint density at radius 1 is 1.33 bits per heavy atom. The first-order valence-electron chi connectivity index (χ1n) is 4.84. The van der Waals surface area contributed by atoms with E-state index in [2.05, 4.69) is 4.74 Å². The SMILES string of the molecule is COC(=O)CC(N)c1ccc(C(F)(F)F)cc1.Cl. The summed E-state index contributed by atoms with van der Waals surface area (Å²) in [7, 11) is 1.22. The Morgan fingerprint density at radius 2 is 1.83 bits per heavy atom. The predicted octanol–water partition coefficient (Wildman–Crippen LogP) is 2.69. The molecule has 2 N–H and O–H groups in total. The summed E-state index contributed by atoms with van der Waals surface area (Å²) in [5.41, 5.74) is 5.37. The van der Waals surface area contributed by atoms with Gasteiger partial charge in [-0.1, -0.05) is 12.1 Å². The smallest absolute Gasteiger partial charge is 0.416 e. The van der Waals surface area contributed by atoms with E-state index in [1.165, 1.54) is 19.2 Å². The van der Waals surface area contributed by atoms with E-state index < -0.39 is 23.8 Å². The molecule has 0 fully saturated rings. The van der Waals surface area contributed by atoms with Crippen LogP contribution in [0, 0.1) is 0 Å². The molecule has 0 aliphatic rings. The van der Waals surface area contributed by atoms with Gasteiger partial charge in [0.25, 0.3) is 0 Å². The second kappa shape index (κ2) is 6.61. The van der Waals surface area contributed by atoms with Crippen LogP contribution in [-0.2, 0) is 15.7 Å². The number of ether oxygens (including phenoxy) is 1. The summed E-state index contributed by atoms with van der Waals surface area (Å²) >= 11 is 0. The molecule has 0 amide bonds. The lowest BCUT2D eigenvalue weighted by molar-refractivity contribution is -0.141. The monoisotopic (exact) mass is 283 g/mol. The van der Waals surface area contributed by atoms with Gasteiger partial charge in [-0.3, -0.25) is 4.79 Å². The lowest BCUT2D eigenvalue weighted by Gasteiger charge is -2.12. The Morgan fingerprint density at radius 3 is 2.22 bits per heavy atom. The molecule has 0 spiro atoms. The minimum Gasteiger partial charge on any atom is -0.469 e. The standard InChI is InChI=1S/C11H12F3NO2.ClH/c1-17-10(16)6-9(15)7-2-4-8(5-3-7)11(12,13)14;/h2-5,9H,6,15H2,1H3;1H. The van der Waals surface area contributed by atoms with E-state index in [0.717, 1.165) is 12.1 Å². The van der Waals surface area contributed by atoms with Gasteiger partial charge in [0.05, 0.1) is 19.1 Å². The van der Waals surface area contributed by atoms with Crippen molar-refractivity contribution in [2.24, 2.45) is 5.73 Å². The average Bonchev–Trinajstić information content (AvgIpc) is 2.27. The fraction of sp³-hybridized carbons (Fsp3) is 0.364. The zero-order valence-corrected chi connectivity index (χ0v) is 10.3. The number of esters is 1. The van der Waals surface area contributed by atoms with Crippen LogP contribution in [0.5, 0.6) is 0 Å². The minimum atomic E-state index is -4.37. The van der Waals surface area contributed by atoms with Gasteiger partial charge in [-0.2, -0.15) is 13.2 Å². The molecule has 18 heavy (non-hydrogen) atoms. The third kappa shape index (κ3) is 4.54. The first-order valence-corrected chi connectivity index (χ1v) is 4.84. The summed E-state index contributed by atoms with van der Waals surface area (Å²) in [5, 5.41) is 0. The molecule has 1 atom stereocenters. The molecular weight excluding hydrogens is 271 g/mol. The Hall–Kier alpha value is -1.27. The fourth-order valence-corrected chi connectivity index (χ4v) is 1.30. The highest BCUT2D eigenvalue weighted by Gasteiger charge is 2.30. The number of rotatable bonds is 3. The summed E-state index contributed by atoms with van der Waals surface area (Å²) in [4.78, 5) is 10.9. The van der Waals surface area contributed by atoms with E-state index >= 15 is 0 Å². The van der Waals surface area contributed by atoms with Gasteiger partial charge in [0.15, 0.2) is 0 Å². The van der Waals surface area contributed by atoms with Crippen molar-refractivity contribution in [3.05, 3.63) is 35.4 Å². The molecule has 0 aromatic heterocycles. The third-order valence-electron chi connectivity index (χ3n) is 2.28. The van der Waals surface area contributed by atoms with Crippen LogP contribution in [0.4, 0.5) is 13.2 Å². The molecule has 1 aromatic rings. The van der Waals surface area contributed by atoms with Crippen LogP contribution in [0.3, 0.4) is 0 Å². The van der Waals surface area contributed by atoms with Gasteiger partial charge in [0, 0.05) is 6.04 Å². The van der Waals surface area contributed by atoms with Gasteiger partial charge in [-0.15, -0.1) is 12.4 Å². The topological polar surface area (TPSA) is 52.3 Å². The summed E-state index contributed by atoms with van der Waals surface area (Å²) in [5.74, 6) is -0.502. The first-order chi connectivity index (χ1) is 7.84. The van der Waals surface area contributed by atoms with Crippen LogP contribution in [0.1, 0.15) is 23.6 Å². The van der Waals surface area contributed by atoms with E-state index in [1.54, 1.807) is 0 Å². The molecule has 0 bridgehead atoms. The van der Waals surface area contributed by atoms with Crippen molar-refractivity contribution in [1.29, 1.82) is 0 Å². The number of hydrogen-bond acceptors (Lipinski definition) is 3. The molecule has 1 unspecified atom stereocenters. The number of methoxy groups -OCH3 is 1. The van der Waals surface area contributed by atoms with Gasteiger partial charge in [0.1, 0.15) is 0 Å². The van der Waals surface area contributed by atoms with Crippen molar-refractivity contribution < 1.29 is 22.7 Å². The van der Waals surface area contributed by atoms with Gasteiger partial charge in [0.2, 0.25) is 0 Å². The van der Waals surface area contributed by atoms with E-state index in [4.69, 9.17) is 5.73 Å². The highest BCUT2D eigenvalue weighted by atomic mass is 35.5. The second-order valence-corrected chi connectivity index (χ2v) is 3.51. The molecule has 0 aliphatic heterocycles. The van der Waals surface area contributed by atoms with Crippen molar-refractivity contribution in [3.63, 3.8) is 0 Å². The Bertz CT molecular complexity index is 392.